The van der Waals surface area contributed by atoms with Crippen molar-refractivity contribution >= 4 is 34.6 Å². The van der Waals surface area contributed by atoms with Gasteiger partial charge in [-0.1, -0.05) is 43.8 Å². The van der Waals surface area contributed by atoms with Crippen molar-refractivity contribution in [3.63, 3.8) is 0 Å². The van der Waals surface area contributed by atoms with E-state index in [-0.39, 0.29) is 17.0 Å². The SMILES string of the molecule is COc1c(C#C[Si](C)(C)C)cc(-n2ccc(=O)[nH]c2=O)c(F)c1-c1ccc2cc(NS(C)(=O)=O)ccc2c1. The van der Waals surface area contributed by atoms with Crippen molar-refractivity contribution in [3.8, 4) is 34.0 Å². The summed E-state index contributed by atoms with van der Waals surface area (Å²) in [5.74, 6) is 2.60. The maximum absolute atomic E-state index is 16.2. The Hall–Kier alpha value is -4.14. The fourth-order valence-electron chi connectivity index (χ4n) is 3.91. The molecule has 0 amide bonds. The van der Waals surface area contributed by atoms with Crippen LogP contribution in [0.2, 0.25) is 19.6 Å². The van der Waals surface area contributed by atoms with Gasteiger partial charge < -0.3 is 4.74 Å². The van der Waals surface area contributed by atoms with Gasteiger partial charge in [0.25, 0.3) is 5.56 Å². The van der Waals surface area contributed by atoms with Crippen LogP contribution in [0, 0.1) is 17.3 Å². The van der Waals surface area contributed by atoms with E-state index in [1.165, 1.54) is 19.4 Å². The number of halogens is 1. The van der Waals surface area contributed by atoms with Crippen LogP contribution < -0.4 is 20.7 Å². The Balaban J connectivity index is 2.00. The molecule has 11 heteroatoms. The first-order chi connectivity index (χ1) is 17.8. The molecule has 0 saturated carbocycles. The molecule has 38 heavy (non-hydrogen) atoms. The Kier molecular flexibility index (Phi) is 7.05. The second kappa shape index (κ2) is 9.96. The molecule has 0 bridgehead atoms. The van der Waals surface area contributed by atoms with Crippen LogP contribution in [-0.4, -0.2) is 39.4 Å². The molecular weight excluding hydrogens is 525 g/mol. The summed E-state index contributed by atoms with van der Waals surface area (Å²) in [5.41, 5.74) is 3.14. The predicted molar refractivity (Wildman–Crippen MR) is 151 cm³/mol. The van der Waals surface area contributed by atoms with Crippen LogP contribution in [0.25, 0.3) is 27.6 Å². The molecule has 196 valence electrons. The molecule has 0 unspecified atom stereocenters. The molecule has 0 saturated heterocycles. The molecule has 2 N–H and O–H groups in total. The first-order valence-corrected chi connectivity index (χ1v) is 16.9. The van der Waals surface area contributed by atoms with Crippen LogP contribution in [-0.2, 0) is 10.0 Å². The van der Waals surface area contributed by atoms with E-state index in [2.05, 4.69) is 40.8 Å². The van der Waals surface area contributed by atoms with Gasteiger partial charge in [0, 0.05) is 18.0 Å². The fraction of sp³-hybridized carbons (Fsp3) is 0.185. The highest BCUT2D eigenvalue weighted by atomic mass is 32.2. The number of aromatic nitrogens is 2. The van der Waals surface area contributed by atoms with E-state index >= 15 is 4.39 Å². The Morgan fingerprint density at radius 2 is 1.71 bits per heavy atom. The van der Waals surface area contributed by atoms with Crippen LogP contribution in [0.3, 0.4) is 0 Å². The smallest absolute Gasteiger partial charge is 0.333 e. The second-order valence-electron chi connectivity index (χ2n) is 9.80. The van der Waals surface area contributed by atoms with Crippen molar-refractivity contribution in [2.45, 2.75) is 19.6 Å². The van der Waals surface area contributed by atoms with Gasteiger partial charge in [0.05, 0.1) is 30.2 Å². The van der Waals surface area contributed by atoms with Crippen molar-refractivity contribution in [1.82, 2.24) is 9.55 Å². The highest BCUT2D eigenvalue weighted by Crippen LogP contribution is 2.39. The number of rotatable bonds is 5. The zero-order valence-electron chi connectivity index (χ0n) is 21.5. The average molecular weight is 552 g/mol. The van der Waals surface area contributed by atoms with Crippen molar-refractivity contribution in [2.75, 3.05) is 18.1 Å². The monoisotopic (exact) mass is 551 g/mol. The summed E-state index contributed by atoms with van der Waals surface area (Å²) in [4.78, 5) is 26.3. The van der Waals surface area contributed by atoms with Crippen LogP contribution in [0.15, 0.2) is 64.3 Å². The molecule has 0 spiro atoms. The third-order valence-electron chi connectivity index (χ3n) is 5.49. The second-order valence-corrected chi connectivity index (χ2v) is 16.3. The standard InChI is InChI=1S/C27H26FN3O5SSi/c1-36-26-20(11-13-38(3,4)5)16-22(31-12-10-23(32)29-27(31)33)25(28)24(26)19-7-6-18-15-21(30-37(2,34)35)9-8-17(18)14-19/h6-10,12,14-16,30H,1-5H3,(H,29,32,33). The number of fused-ring (bicyclic) bond motifs is 1. The van der Waals surface area contributed by atoms with Gasteiger partial charge in [0.1, 0.15) is 13.8 Å². The van der Waals surface area contributed by atoms with Crippen LogP contribution in [0.5, 0.6) is 5.75 Å². The molecule has 8 nitrogen and oxygen atoms in total. The minimum Gasteiger partial charge on any atom is -0.495 e. The summed E-state index contributed by atoms with van der Waals surface area (Å²) in [6.45, 7) is 6.21. The lowest BCUT2D eigenvalue weighted by atomic mass is 9.96. The van der Waals surface area contributed by atoms with Gasteiger partial charge in [-0.2, -0.15) is 0 Å². The van der Waals surface area contributed by atoms with Crippen LogP contribution in [0.4, 0.5) is 10.1 Å². The minimum atomic E-state index is -3.45. The van der Waals surface area contributed by atoms with Crippen molar-refractivity contribution in [1.29, 1.82) is 0 Å². The van der Waals surface area contributed by atoms with Gasteiger partial charge >= 0.3 is 5.69 Å². The first-order valence-electron chi connectivity index (χ1n) is 11.5. The average Bonchev–Trinajstić information content (AvgIpc) is 2.81. The number of nitrogens with one attached hydrogen (secondary N) is 2. The quantitative estimate of drug-likeness (QED) is 0.287. The van der Waals surface area contributed by atoms with E-state index in [1.807, 2.05) is 0 Å². The Morgan fingerprint density at radius 3 is 2.34 bits per heavy atom. The van der Waals surface area contributed by atoms with Crippen molar-refractivity contribution in [2.24, 2.45) is 0 Å². The van der Waals surface area contributed by atoms with Crippen molar-refractivity contribution in [3.05, 3.63) is 86.9 Å². The van der Waals surface area contributed by atoms with Crippen LogP contribution >= 0.6 is 0 Å². The number of ether oxygens (including phenoxy) is 1. The Bertz CT molecular complexity index is 1860. The third-order valence-corrected chi connectivity index (χ3v) is 6.97. The molecule has 0 radical (unpaired) electrons. The molecule has 0 fully saturated rings. The van der Waals surface area contributed by atoms with E-state index in [9.17, 15) is 18.0 Å². The molecule has 4 rings (SSSR count). The number of benzene rings is 3. The molecular formula is C27H26FN3O5SSi. The fourth-order valence-corrected chi connectivity index (χ4v) is 4.97. The molecule has 0 aliphatic rings. The number of anilines is 1. The number of H-pyrrole nitrogens is 1. The summed E-state index contributed by atoms with van der Waals surface area (Å²) in [5, 5.41) is 1.46. The van der Waals surface area contributed by atoms with Crippen LogP contribution in [0.1, 0.15) is 5.56 Å². The molecule has 0 aliphatic carbocycles. The van der Waals surface area contributed by atoms with E-state index in [0.29, 0.717) is 16.8 Å². The summed E-state index contributed by atoms with van der Waals surface area (Å²) in [7, 11) is -3.86. The van der Waals surface area contributed by atoms with E-state index in [4.69, 9.17) is 4.74 Å². The first kappa shape index (κ1) is 26.9. The zero-order valence-corrected chi connectivity index (χ0v) is 23.3. The van der Waals surface area contributed by atoms with Crippen molar-refractivity contribution < 1.29 is 17.5 Å². The van der Waals surface area contributed by atoms with E-state index in [1.54, 1.807) is 36.4 Å². The lowest BCUT2D eigenvalue weighted by Gasteiger charge is -2.17. The van der Waals surface area contributed by atoms with E-state index < -0.39 is 35.2 Å². The Morgan fingerprint density at radius 1 is 1.03 bits per heavy atom. The Labute approximate surface area is 220 Å². The number of aromatic amines is 1. The maximum Gasteiger partial charge on any atom is 0.333 e. The lowest BCUT2D eigenvalue weighted by Crippen LogP contribution is -2.28. The lowest BCUT2D eigenvalue weighted by molar-refractivity contribution is 0.412. The predicted octanol–water partition coefficient (Wildman–Crippen LogP) is 4.09. The summed E-state index contributed by atoms with van der Waals surface area (Å²) in [6.07, 6.45) is 2.28. The molecule has 0 atom stereocenters. The van der Waals surface area contributed by atoms with Gasteiger partial charge in [-0.05, 0) is 40.6 Å². The number of nitrogens with zero attached hydrogens (tertiary/aromatic N) is 1. The summed E-state index contributed by atoms with van der Waals surface area (Å²) in [6, 6.07) is 12.8. The van der Waals surface area contributed by atoms with Gasteiger partial charge in [0.2, 0.25) is 10.0 Å². The maximum atomic E-state index is 16.2. The van der Waals surface area contributed by atoms with Gasteiger partial charge in [0.15, 0.2) is 5.82 Å². The minimum absolute atomic E-state index is 0.0882. The van der Waals surface area contributed by atoms with E-state index in [0.717, 1.165) is 27.7 Å². The number of methoxy groups -OCH3 is 1. The van der Waals surface area contributed by atoms with Gasteiger partial charge in [-0.25, -0.2) is 17.6 Å². The normalized spacial score (nSPS) is 11.6. The largest absolute Gasteiger partial charge is 0.495 e. The zero-order chi connectivity index (χ0) is 27.8. The number of hydrogen-bond acceptors (Lipinski definition) is 5. The summed E-state index contributed by atoms with van der Waals surface area (Å²) >= 11 is 0. The summed E-state index contributed by atoms with van der Waals surface area (Å²) < 4.78 is 48.5. The van der Waals surface area contributed by atoms with Gasteiger partial charge in [-0.3, -0.25) is 19.1 Å². The number of hydrogen-bond donors (Lipinski definition) is 2. The molecule has 4 aromatic rings. The highest BCUT2D eigenvalue weighted by molar-refractivity contribution is 7.92. The molecule has 3 aromatic carbocycles. The highest BCUT2D eigenvalue weighted by Gasteiger charge is 2.22. The molecule has 1 heterocycles. The van der Waals surface area contributed by atoms with Gasteiger partial charge in [-0.15, -0.1) is 5.54 Å². The topological polar surface area (TPSA) is 110 Å². The third kappa shape index (κ3) is 5.87. The number of sulfonamides is 1. The molecule has 0 aliphatic heterocycles. The molecule has 1 aromatic heterocycles.